The molecule has 0 atom stereocenters. The van der Waals surface area contributed by atoms with Gasteiger partial charge in [0, 0.05) is 13.6 Å². The van der Waals surface area contributed by atoms with E-state index in [-0.39, 0.29) is 24.6 Å². The van der Waals surface area contributed by atoms with Gasteiger partial charge < -0.3 is 9.84 Å². The molecule has 0 aromatic carbocycles. The maximum atomic E-state index is 11.9. The molecule has 0 saturated heterocycles. The molecule has 1 N–H and O–H groups in total. The minimum atomic E-state index is -3.22. The van der Waals surface area contributed by atoms with Crippen LogP contribution in [0, 0.1) is 5.92 Å². The van der Waals surface area contributed by atoms with Crippen molar-refractivity contribution in [2.45, 2.75) is 38.9 Å². The average Bonchev–Trinajstić information content (AvgIpc) is 2.14. The van der Waals surface area contributed by atoms with Crippen molar-refractivity contribution in [3.8, 4) is 0 Å². The summed E-state index contributed by atoms with van der Waals surface area (Å²) >= 11 is 0. The van der Waals surface area contributed by atoms with Crippen LogP contribution in [0.3, 0.4) is 0 Å². The Labute approximate surface area is 104 Å². The van der Waals surface area contributed by atoms with E-state index in [1.54, 1.807) is 7.05 Å². The summed E-state index contributed by atoms with van der Waals surface area (Å²) in [6.45, 7) is 4.50. The summed E-state index contributed by atoms with van der Waals surface area (Å²) in [5.74, 6) is 0.326. The van der Waals surface area contributed by atoms with Crippen LogP contribution in [0.2, 0.25) is 0 Å². The highest BCUT2D eigenvalue weighted by Gasteiger charge is 2.30. The van der Waals surface area contributed by atoms with Gasteiger partial charge in [0.25, 0.3) is 0 Å². The van der Waals surface area contributed by atoms with E-state index in [0.717, 1.165) is 0 Å². The van der Waals surface area contributed by atoms with Crippen molar-refractivity contribution >= 4 is 10.0 Å². The summed E-state index contributed by atoms with van der Waals surface area (Å²) in [7, 11) is -1.63. The van der Waals surface area contributed by atoms with Crippen molar-refractivity contribution in [1.29, 1.82) is 0 Å². The number of rotatable bonds is 7. The Balaban J connectivity index is 2.30. The van der Waals surface area contributed by atoms with Crippen LogP contribution in [0.5, 0.6) is 0 Å². The molecule has 0 radical (unpaired) electrons. The predicted octanol–water partition coefficient (Wildman–Crippen LogP) is 0.444. The molecule has 0 bridgehead atoms. The van der Waals surface area contributed by atoms with Gasteiger partial charge in [-0.25, -0.2) is 12.7 Å². The minimum Gasteiger partial charge on any atom is -0.393 e. The van der Waals surface area contributed by atoms with Crippen molar-refractivity contribution < 1.29 is 18.3 Å². The summed E-state index contributed by atoms with van der Waals surface area (Å²) in [6.07, 6.45) is 1.24. The van der Waals surface area contributed by atoms with Crippen LogP contribution >= 0.6 is 0 Å². The lowest BCUT2D eigenvalue weighted by atomic mass is 9.82. The average molecular weight is 265 g/mol. The van der Waals surface area contributed by atoms with E-state index in [2.05, 4.69) is 0 Å². The quantitative estimate of drug-likeness (QED) is 0.725. The van der Waals surface area contributed by atoms with Gasteiger partial charge in [0.15, 0.2) is 0 Å². The lowest BCUT2D eigenvalue weighted by Gasteiger charge is -2.34. The Morgan fingerprint density at radius 3 is 2.47 bits per heavy atom. The molecule has 0 unspecified atom stereocenters. The maximum absolute atomic E-state index is 11.9. The smallest absolute Gasteiger partial charge is 0.216 e. The summed E-state index contributed by atoms with van der Waals surface area (Å²) in [5, 5.41) is 9.15. The Kier molecular flexibility index (Phi) is 5.37. The highest BCUT2D eigenvalue weighted by Crippen LogP contribution is 2.28. The second-order valence-electron chi connectivity index (χ2n) is 5.01. The first kappa shape index (κ1) is 14.9. The fourth-order valence-corrected chi connectivity index (χ4v) is 2.93. The summed E-state index contributed by atoms with van der Waals surface area (Å²) in [5.41, 5.74) is 0. The number of ether oxygens (including phenoxy) is 1. The number of hydrogen-bond donors (Lipinski definition) is 1. The van der Waals surface area contributed by atoms with Crippen LogP contribution in [0.25, 0.3) is 0 Å². The van der Waals surface area contributed by atoms with Crippen LogP contribution in [-0.4, -0.2) is 56.0 Å². The first-order valence-corrected chi connectivity index (χ1v) is 7.66. The van der Waals surface area contributed by atoms with E-state index < -0.39 is 10.0 Å². The molecule has 6 heteroatoms. The van der Waals surface area contributed by atoms with Gasteiger partial charge in [-0.1, -0.05) is 0 Å². The Hall–Kier alpha value is -0.170. The zero-order chi connectivity index (χ0) is 13.1. The van der Waals surface area contributed by atoms with Gasteiger partial charge in [-0.15, -0.1) is 0 Å². The van der Waals surface area contributed by atoms with E-state index >= 15 is 0 Å². The monoisotopic (exact) mass is 265 g/mol. The van der Waals surface area contributed by atoms with Gasteiger partial charge in [-0.05, 0) is 32.6 Å². The molecular weight excluding hydrogens is 242 g/mol. The molecule has 0 amide bonds. The number of aliphatic hydroxyl groups is 1. The molecular formula is C11H23NO4S. The first-order valence-electron chi connectivity index (χ1n) is 6.05. The Bertz CT molecular complexity index is 322. The van der Waals surface area contributed by atoms with Gasteiger partial charge in [-0.3, -0.25) is 0 Å². The maximum Gasteiger partial charge on any atom is 0.216 e. The highest BCUT2D eigenvalue weighted by molar-refractivity contribution is 7.89. The van der Waals surface area contributed by atoms with Gasteiger partial charge >= 0.3 is 0 Å². The SMILES string of the molecule is CC(C)OCCS(=O)(=O)N(C)CC1CC(O)C1. The summed E-state index contributed by atoms with van der Waals surface area (Å²) < 4.78 is 30.3. The fraction of sp³-hybridized carbons (Fsp3) is 1.00. The van der Waals surface area contributed by atoms with Crippen molar-refractivity contribution in [3.05, 3.63) is 0 Å². The molecule has 1 aliphatic carbocycles. The van der Waals surface area contributed by atoms with Crippen LogP contribution < -0.4 is 0 Å². The molecule has 5 nitrogen and oxygen atoms in total. The number of aliphatic hydroxyl groups excluding tert-OH is 1. The third-order valence-electron chi connectivity index (χ3n) is 2.99. The van der Waals surface area contributed by atoms with E-state index in [1.807, 2.05) is 13.8 Å². The van der Waals surface area contributed by atoms with Gasteiger partial charge in [0.05, 0.1) is 24.6 Å². The lowest BCUT2D eigenvalue weighted by molar-refractivity contribution is 0.0365. The number of nitrogens with zero attached hydrogens (tertiary/aromatic N) is 1. The zero-order valence-corrected chi connectivity index (χ0v) is 11.6. The van der Waals surface area contributed by atoms with Gasteiger partial charge in [0.2, 0.25) is 10.0 Å². The topological polar surface area (TPSA) is 66.8 Å². The largest absolute Gasteiger partial charge is 0.393 e. The molecule has 1 saturated carbocycles. The van der Waals surface area contributed by atoms with Crippen LogP contribution in [0.4, 0.5) is 0 Å². The molecule has 102 valence electrons. The standard InChI is InChI=1S/C11H23NO4S/c1-9(2)16-4-5-17(14,15)12(3)8-10-6-11(13)7-10/h9-11,13H,4-8H2,1-3H3. The zero-order valence-electron chi connectivity index (χ0n) is 10.8. The van der Waals surface area contributed by atoms with E-state index in [0.29, 0.717) is 25.3 Å². The second-order valence-corrected chi connectivity index (χ2v) is 7.20. The number of sulfonamides is 1. The van der Waals surface area contributed by atoms with E-state index in [9.17, 15) is 8.42 Å². The molecule has 17 heavy (non-hydrogen) atoms. The molecule has 0 spiro atoms. The van der Waals surface area contributed by atoms with E-state index in [1.165, 1.54) is 4.31 Å². The van der Waals surface area contributed by atoms with Crippen LogP contribution in [-0.2, 0) is 14.8 Å². The van der Waals surface area contributed by atoms with Gasteiger partial charge in [-0.2, -0.15) is 0 Å². The second kappa shape index (κ2) is 6.13. The third kappa shape index (κ3) is 4.91. The highest BCUT2D eigenvalue weighted by atomic mass is 32.2. The minimum absolute atomic E-state index is 0.0248. The number of hydrogen-bond acceptors (Lipinski definition) is 4. The van der Waals surface area contributed by atoms with E-state index in [4.69, 9.17) is 9.84 Å². The third-order valence-corrected chi connectivity index (χ3v) is 4.77. The molecule has 0 aliphatic heterocycles. The molecule has 0 aromatic rings. The summed E-state index contributed by atoms with van der Waals surface area (Å²) in [4.78, 5) is 0. The van der Waals surface area contributed by atoms with Gasteiger partial charge in [0.1, 0.15) is 0 Å². The summed E-state index contributed by atoms with van der Waals surface area (Å²) in [6, 6.07) is 0. The lowest BCUT2D eigenvalue weighted by Crippen LogP contribution is -2.40. The molecule has 0 aromatic heterocycles. The molecule has 0 heterocycles. The molecule has 1 rings (SSSR count). The molecule has 1 aliphatic rings. The molecule has 1 fully saturated rings. The van der Waals surface area contributed by atoms with Crippen LogP contribution in [0.15, 0.2) is 0 Å². The first-order chi connectivity index (χ1) is 7.81. The van der Waals surface area contributed by atoms with Crippen molar-refractivity contribution in [2.75, 3.05) is 26.0 Å². The Morgan fingerprint density at radius 2 is 2.00 bits per heavy atom. The van der Waals surface area contributed by atoms with Crippen molar-refractivity contribution in [2.24, 2.45) is 5.92 Å². The van der Waals surface area contributed by atoms with Crippen molar-refractivity contribution in [3.63, 3.8) is 0 Å². The Morgan fingerprint density at radius 1 is 1.41 bits per heavy atom. The predicted molar refractivity (Wildman–Crippen MR) is 66.2 cm³/mol. The normalized spacial score (nSPS) is 25.3. The fourth-order valence-electron chi connectivity index (χ4n) is 1.87. The van der Waals surface area contributed by atoms with Crippen LogP contribution in [0.1, 0.15) is 26.7 Å². The van der Waals surface area contributed by atoms with Crippen molar-refractivity contribution in [1.82, 2.24) is 4.31 Å².